The van der Waals surface area contributed by atoms with Gasteiger partial charge in [-0.1, -0.05) is 6.07 Å². The molecule has 1 saturated heterocycles. The van der Waals surface area contributed by atoms with Gasteiger partial charge in [0.05, 0.1) is 6.61 Å². The van der Waals surface area contributed by atoms with Crippen LogP contribution in [0.25, 0.3) is 0 Å². The Morgan fingerprint density at radius 2 is 1.96 bits per heavy atom. The lowest BCUT2D eigenvalue weighted by Crippen LogP contribution is -2.48. The first-order chi connectivity index (χ1) is 11.0. The molecule has 1 aromatic carbocycles. The van der Waals surface area contributed by atoms with Crippen LogP contribution in [0, 0.1) is 0 Å². The molecular formula is C17H29ClN4O2. The molecule has 1 amide bonds. The van der Waals surface area contributed by atoms with Crippen molar-refractivity contribution < 1.29 is 9.53 Å². The zero-order valence-electron chi connectivity index (χ0n) is 14.7. The summed E-state index contributed by atoms with van der Waals surface area (Å²) in [7, 11) is 1.53. The van der Waals surface area contributed by atoms with Gasteiger partial charge in [-0.25, -0.2) is 0 Å². The van der Waals surface area contributed by atoms with Gasteiger partial charge in [0.25, 0.3) is 0 Å². The van der Waals surface area contributed by atoms with Crippen LogP contribution >= 0.6 is 12.4 Å². The van der Waals surface area contributed by atoms with E-state index in [0.29, 0.717) is 6.04 Å². The maximum atomic E-state index is 12.0. The van der Waals surface area contributed by atoms with E-state index in [1.165, 1.54) is 7.11 Å². The Labute approximate surface area is 150 Å². The molecule has 1 aromatic rings. The van der Waals surface area contributed by atoms with E-state index in [2.05, 4.69) is 35.0 Å². The molecule has 1 atom stereocenters. The first kappa shape index (κ1) is 20.7. The molecule has 2 rings (SSSR count). The molecule has 1 aliphatic rings. The Hall–Kier alpha value is -1.34. The van der Waals surface area contributed by atoms with Crippen LogP contribution in [0.15, 0.2) is 24.3 Å². The molecular weight excluding hydrogens is 328 g/mol. The van der Waals surface area contributed by atoms with E-state index in [0.717, 1.165) is 37.6 Å². The van der Waals surface area contributed by atoms with Gasteiger partial charge in [-0.2, -0.15) is 0 Å². The van der Waals surface area contributed by atoms with Crippen molar-refractivity contribution in [2.75, 3.05) is 50.1 Å². The highest BCUT2D eigenvalue weighted by Crippen LogP contribution is 2.21. The summed E-state index contributed by atoms with van der Waals surface area (Å²) in [5, 5.41) is 2.85. The summed E-state index contributed by atoms with van der Waals surface area (Å²) >= 11 is 0. The van der Waals surface area contributed by atoms with Crippen LogP contribution in [-0.4, -0.2) is 62.8 Å². The first-order valence-electron chi connectivity index (χ1n) is 8.15. The highest BCUT2D eigenvalue weighted by molar-refractivity contribution is 5.95. The normalized spacial score (nSPS) is 16.6. The van der Waals surface area contributed by atoms with Crippen molar-refractivity contribution in [1.29, 1.82) is 0 Å². The van der Waals surface area contributed by atoms with Crippen LogP contribution < -0.4 is 16.0 Å². The summed E-state index contributed by atoms with van der Waals surface area (Å²) in [5.74, 6) is -0.228. The van der Waals surface area contributed by atoms with Gasteiger partial charge in [-0.15, -0.1) is 12.4 Å². The highest BCUT2D eigenvalue weighted by Gasteiger charge is 2.19. The van der Waals surface area contributed by atoms with Crippen LogP contribution in [0.2, 0.25) is 0 Å². The topological polar surface area (TPSA) is 70.8 Å². The van der Waals surface area contributed by atoms with Gasteiger partial charge in [0.15, 0.2) is 0 Å². The lowest BCUT2D eigenvalue weighted by molar-refractivity contribution is -0.118. The smallest absolute Gasteiger partial charge is 0.243 e. The first-order valence-corrected chi connectivity index (χ1v) is 8.15. The third-order valence-electron chi connectivity index (χ3n) is 4.21. The predicted molar refractivity (Wildman–Crippen MR) is 101 cm³/mol. The fourth-order valence-electron chi connectivity index (χ4n) is 2.77. The maximum Gasteiger partial charge on any atom is 0.243 e. The highest BCUT2D eigenvalue weighted by atomic mass is 35.5. The molecule has 7 heteroatoms. The zero-order chi connectivity index (χ0) is 16.8. The molecule has 6 nitrogen and oxygen atoms in total. The van der Waals surface area contributed by atoms with E-state index in [4.69, 9.17) is 10.5 Å². The summed E-state index contributed by atoms with van der Waals surface area (Å²) in [5.41, 5.74) is 7.65. The molecule has 0 radical (unpaired) electrons. The number of methoxy groups -OCH3 is 1. The van der Waals surface area contributed by atoms with E-state index in [1.807, 2.05) is 18.2 Å². The van der Waals surface area contributed by atoms with Crippen LogP contribution in [-0.2, 0) is 9.53 Å². The number of piperazine rings is 1. The Bertz CT molecular complexity index is 519. The van der Waals surface area contributed by atoms with Crippen molar-refractivity contribution in [3.8, 4) is 0 Å². The summed E-state index contributed by atoms with van der Waals surface area (Å²) in [6, 6.07) is 7.86. The Morgan fingerprint density at radius 3 is 2.54 bits per heavy atom. The lowest BCUT2D eigenvalue weighted by atomic mass is 10.2. The number of rotatable bonds is 6. The average Bonchev–Trinajstić information content (AvgIpc) is 2.55. The Morgan fingerprint density at radius 1 is 1.29 bits per heavy atom. The standard InChI is InChI=1S/C17H28N4O2.ClH/c1-13(2)20-7-9-21(10-8-20)15-6-4-5-14(11-15)19-17(22)16(18)12-23-3;/h4-6,11,13,16H,7-10,12,18H2,1-3H3,(H,19,22);1H. The van der Waals surface area contributed by atoms with E-state index < -0.39 is 6.04 Å². The lowest BCUT2D eigenvalue weighted by Gasteiger charge is -2.38. The fraction of sp³-hybridized carbons (Fsp3) is 0.588. The van der Waals surface area contributed by atoms with Crippen LogP contribution in [0.5, 0.6) is 0 Å². The number of amides is 1. The molecule has 24 heavy (non-hydrogen) atoms. The Kier molecular flexibility index (Phi) is 8.48. The van der Waals surface area contributed by atoms with Gasteiger partial charge >= 0.3 is 0 Å². The number of nitrogens with one attached hydrogen (secondary N) is 1. The van der Waals surface area contributed by atoms with Gasteiger partial charge in [0.2, 0.25) is 5.91 Å². The number of carbonyl (C=O) groups is 1. The molecule has 1 aliphatic heterocycles. The number of benzene rings is 1. The largest absolute Gasteiger partial charge is 0.383 e. The third-order valence-corrected chi connectivity index (χ3v) is 4.21. The Balaban J connectivity index is 0.00000288. The number of anilines is 2. The predicted octanol–water partition coefficient (Wildman–Crippen LogP) is 1.55. The fourth-order valence-corrected chi connectivity index (χ4v) is 2.77. The van der Waals surface area contributed by atoms with E-state index >= 15 is 0 Å². The molecule has 0 spiro atoms. The number of carbonyl (C=O) groups excluding carboxylic acids is 1. The SMILES string of the molecule is COCC(N)C(=O)Nc1cccc(N2CCN(C(C)C)CC2)c1.Cl. The van der Waals surface area contributed by atoms with Crippen molar-refractivity contribution in [3.05, 3.63) is 24.3 Å². The van der Waals surface area contributed by atoms with Gasteiger partial charge in [-0.05, 0) is 32.0 Å². The van der Waals surface area contributed by atoms with Crippen molar-refractivity contribution >= 4 is 29.7 Å². The van der Waals surface area contributed by atoms with Gasteiger partial charge in [-0.3, -0.25) is 9.69 Å². The van der Waals surface area contributed by atoms with Crippen LogP contribution in [0.3, 0.4) is 0 Å². The van der Waals surface area contributed by atoms with Crippen molar-refractivity contribution in [1.82, 2.24) is 4.90 Å². The molecule has 136 valence electrons. The quantitative estimate of drug-likeness (QED) is 0.809. The average molecular weight is 357 g/mol. The molecule has 0 saturated carbocycles. The molecule has 1 unspecified atom stereocenters. The van der Waals surface area contributed by atoms with Crippen molar-refractivity contribution in [2.45, 2.75) is 25.9 Å². The number of nitrogens with zero attached hydrogens (tertiary/aromatic N) is 2. The monoisotopic (exact) mass is 356 g/mol. The van der Waals surface area contributed by atoms with Crippen LogP contribution in [0.4, 0.5) is 11.4 Å². The second-order valence-electron chi connectivity index (χ2n) is 6.22. The van der Waals surface area contributed by atoms with Crippen molar-refractivity contribution in [2.24, 2.45) is 5.73 Å². The molecule has 0 aliphatic carbocycles. The van der Waals surface area contributed by atoms with Crippen LogP contribution in [0.1, 0.15) is 13.8 Å². The number of nitrogens with two attached hydrogens (primary N) is 1. The van der Waals surface area contributed by atoms with Crippen molar-refractivity contribution in [3.63, 3.8) is 0 Å². The minimum atomic E-state index is -0.654. The third kappa shape index (κ3) is 5.63. The second kappa shape index (κ2) is 9.84. The summed E-state index contributed by atoms with van der Waals surface area (Å²) < 4.78 is 4.91. The molecule has 3 N–H and O–H groups in total. The van der Waals surface area contributed by atoms with Gasteiger partial charge in [0.1, 0.15) is 6.04 Å². The minimum Gasteiger partial charge on any atom is -0.383 e. The molecule has 0 bridgehead atoms. The summed E-state index contributed by atoms with van der Waals surface area (Å²) in [6.07, 6.45) is 0. The molecule has 1 heterocycles. The maximum absolute atomic E-state index is 12.0. The molecule has 0 aromatic heterocycles. The van der Waals surface area contributed by atoms with Gasteiger partial charge < -0.3 is 20.7 Å². The minimum absolute atomic E-state index is 0. The number of halogens is 1. The summed E-state index contributed by atoms with van der Waals surface area (Å²) in [6.45, 7) is 8.80. The summed E-state index contributed by atoms with van der Waals surface area (Å²) in [4.78, 5) is 16.8. The second-order valence-corrected chi connectivity index (χ2v) is 6.22. The van der Waals surface area contributed by atoms with Gasteiger partial charge in [0, 0.05) is 50.7 Å². The van der Waals surface area contributed by atoms with E-state index in [-0.39, 0.29) is 24.9 Å². The molecule has 1 fully saturated rings. The number of hydrogen-bond donors (Lipinski definition) is 2. The number of ether oxygens (including phenoxy) is 1. The number of hydrogen-bond acceptors (Lipinski definition) is 5. The van der Waals surface area contributed by atoms with E-state index in [1.54, 1.807) is 0 Å². The van der Waals surface area contributed by atoms with E-state index in [9.17, 15) is 4.79 Å². The zero-order valence-corrected chi connectivity index (χ0v) is 15.5.